The van der Waals surface area contributed by atoms with Gasteiger partial charge in [0.2, 0.25) is 5.91 Å². The van der Waals surface area contributed by atoms with E-state index in [0.717, 1.165) is 38.0 Å². The number of pyridine rings is 1. The zero-order valence-electron chi connectivity index (χ0n) is 15.6. The number of rotatable bonds is 6. The normalized spacial score (nSPS) is 15.4. The fraction of sp³-hybridized carbons (Fsp3) is 0.429. The molecule has 1 aliphatic rings. The van der Waals surface area contributed by atoms with Crippen LogP contribution < -0.4 is 0 Å². The summed E-state index contributed by atoms with van der Waals surface area (Å²) >= 11 is 1.95. The van der Waals surface area contributed by atoms with Crippen LogP contribution in [0.2, 0.25) is 0 Å². The van der Waals surface area contributed by atoms with Crippen molar-refractivity contribution < 1.29 is 4.79 Å². The SMILES string of the molecule is Cc1ccc(SC2CCN(C(=O)CN(C)Cc3cccnc3)CC2)cc1. The lowest BCUT2D eigenvalue weighted by molar-refractivity contribution is -0.133. The molecule has 26 heavy (non-hydrogen) atoms. The Balaban J connectivity index is 1.42. The number of amides is 1. The van der Waals surface area contributed by atoms with Crippen LogP contribution in [-0.4, -0.2) is 52.6 Å². The van der Waals surface area contributed by atoms with Crippen LogP contribution in [0, 0.1) is 6.92 Å². The third kappa shape index (κ3) is 5.58. The van der Waals surface area contributed by atoms with Crippen molar-refractivity contribution in [3.63, 3.8) is 0 Å². The van der Waals surface area contributed by atoms with Gasteiger partial charge in [-0.1, -0.05) is 23.8 Å². The van der Waals surface area contributed by atoms with Gasteiger partial charge in [-0.2, -0.15) is 0 Å². The Morgan fingerprint density at radius 1 is 1.23 bits per heavy atom. The first-order valence-electron chi connectivity index (χ1n) is 9.19. The molecule has 138 valence electrons. The molecule has 4 nitrogen and oxygen atoms in total. The van der Waals surface area contributed by atoms with Gasteiger partial charge < -0.3 is 4.90 Å². The Labute approximate surface area is 160 Å². The molecule has 1 fully saturated rings. The molecule has 1 amide bonds. The van der Waals surface area contributed by atoms with Crippen molar-refractivity contribution in [2.75, 3.05) is 26.7 Å². The fourth-order valence-corrected chi connectivity index (χ4v) is 4.35. The standard InChI is InChI=1S/C21H27N3OS/c1-17-5-7-19(8-6-17)26-20-9-12-24(13-10-20)21(25)16-23(2)15-18-4-3-11-22-14-18/h3-8,11,14,20H,9-10,12-13,15-16H2,1-2H3. The van der Waals surface area contributed by atoms with Gasteiger partial charge in [0, 0.05) is 42.2 Å². The van der Waals surface area contributed by atoms with E-state index in [4.69, 9.17) is 0 Å². The highest BCUT2D eigenvalue weighted by Gasteiger charge is 2.24. The van der Waals surface area contributed by atoms with E-state index in [-0.39, 0.29) is 5.91 Å². The second kappa shape index (κ2) is 9.19. The lowest BCUT2D eigenvalue weighted by Crippen LogP contribution is -2.43. The average Bonchev–Trinajstić information content (AvgIpc) is 2.65. The van der Waals surface area contributed by atoms with Crippen LogP contribution in [0.25, 0.3) is 0 Å². The van der Waals surface area contributed by atoms with Gasteiger partial charge in [0.25, 0.3) is 0 Å². The van der Waals surface area contributed by atoms with Crippen molar-refractivity contribution in [1.82, 2.24) is 14.8 Å². The lowest BCUT2D eigenvalue weighted by atomic mass is 10.1. The number of thioether (sulfide) groups is 1. The number of likely N-dealkylation sites (tertiary alicyclic amines) is 1. The smallest absolute Gasteiger partial charge is 0.236 e. The summed E-state index contributed by atoms with van der Waals surface area (Å²) in [6.07, 6.45) is 5.76. The Kier molecular flexibility index (Phi) is 6.69. The second-order valence-electron chi connectivity index (χ2n) is 7.04. The van der Waals surface area contributed by atoms with E-state index in [2.05, 4.69) is 41.1 Å². The molecule has 0 aliphatic carbocycles. The van der Waals surface area contributed by atoms with Crippen LogP contribution in [-0.2, 0) is 11.3 Å². The Bertz CT molecular complexity index is 697. The molecule has 0 bridgehead atoms. The van der Waals surface area contributed by atoms with E-state index in [0.29, 0.717) is 11.8 Å². The number of aryl methyl sites for hydroxylation is 1. The van der Waals surface area contributed by atoms with Crippen molar-refractivity contribution in [1.29, 1.82) is 0 Å². The molecule has 0 atom stereocenters. The summed E-state index contributed by atoms with van der Waals surface area (Å²) in [5.41, 5.74) is 2.43. The molecule has 0 N–H and O–H groups in total. The average molecular weight is 370 g/mol. The van der Waals surface area contributed by atoms with Gasteiger partial charge in [-0.25, -0.2) is 0 Å². The molecule has 0 radical (unpaired) electrons. The van der Waals surface area contributed by atoms with Crippen molar-refractivity contribution >= 4 is 17.7 Å². The number of aromatic nitrogens is 1. The van der Waals surface area contributed by atoms with Crippen LogP contribution in [0.1, 0.15) is 24.0 Å². The zero-order chi connectivity index (χ0) is 18.4. The third-order valence-corrected chi connectivity index (χ3v) is 6.05. The van der Waals surface area contributed by atoms with E-state index in [1.54, 1.807) is 6.20 Å². The zero-order valence-corrected chi connectivity index (χ0v) is 16.4. The quantitative estimate of drug-likeness (QED) is 0.779. The molecule has 1 saturated heterocycles. The van der Waals surface area contributed by atoms with Crippen molar-refractivity contribution in [2.45, 2.75) is 36.5 Å². The first kappa shape index (κ1) is 18.9. The minimum absolute atomic E-state index is 0.232. The maximum Gasteiger partial charge on any atom is 0.236 e. The summed E-state index contributed by atoms with van der Waals surface area (Å²) in [5.74, 6) is 0.232. The number of benzene rings is 1. The maximum absolute atomic E-state index is 12.6. The van der Waals surface area contributed by atoms with Crippen LogP contribution in [0.4, 0.5) is 0 Å². The molecular formula is C21H27N3OS. The van der Waals surface area contributed by atoms with Crippen LogP contribution >= 0.6 is 11.8 Å². The molecule has 3 rings (SSSR count). The Hall–Kier alpha value is -1.85. The first-order valence-corrected chi connectivity index (χ1v) is 10.1. The highest BCUT2D eigenvalue weighted by Crippen LogP contribution is 2.30. The van der Waals surface area contributed by atoms with E-state index >= 15 is 0 Å². The summed E-state index contributed by atoms with van der Waals surface area (Å²) < 4.78 is 0. The predicted molar refractivity (Wildman–Crippen MR) is 107 cm³/mol. The fourth-order valence-electron chi connectivity index (χ4n) is 3.22. The molecule has 2 aromatic rings. The molecule has 2 heterocycles. The minimum atomic E-state index is 0.232. The number of likely N-dealkylation sites (N-methyl/N-ethyl adjacent to an activating group) is 1. The number of piperidine rings is 1. The number of hydrogen-bond donors (Lipinski definition) is 0. The summed E-state index contributed by atoms with van der Waals surface area (Å²) in [6, 6.07) is 12.7. The third-order valence-electron chi connectivity index (χ3n) is 4.70. The second-order valence-corrected chi connectivity index (χ2v) is 8.42. The van der Waals surface area contributed by atoms with Gasteiger partial charge in [0.1, 0.15) is 0 Å². The first-order chi connectivity index (χ1) is 12.6. The van der Waals surface area contributed by atoms with E-state index in [1.807, 2.05) is 42.0 Å². The summed E-state index contributed by atoms with van der Waals surface area (Å²) in [7, 11) is 1.99. The Morgan fingerprint density at radius 2 is 1.96 bits per heavy atom. The molecule has 0 spiro atoms. The molecule has 0 saturated carbocycles. The van der Waals surface area contributed by atoms with Gasteiger partial charge in [0.05, 0.1) is 6.54 Å². The summed E-state index contributed by atoms with van der Waals surface area (Å²) in [6.45, 7) is 5.06. The molecule has 1 aromatic heterocycles. The van der Waals surface area contributed by atoms with Crippen LogP contribution in [0.3, 0.4) is 0 Å². The van der Waals surface area contributed by atoms with Crippen LogP contribution in [0.15, 0.2) is 53.7 Å². The molecule has 5 heteroatoms. The largest absolute Gasteiger partial charge is 0.342 e. The molecule has 0 unspecified atom stereocenters. The van der Waals surface area contributed by atoms with Gasteiger partial charge in [-0.15, -0.1) is 11.8 Å². The summed E-state index contributed by atoms with van der Waals surface area (Å²) in [4.78, 5) is 22.1. The lowest BCUT2D eigenvalue weighted by Gasteiger charge is -2.32. The molecular weight excluding hydrogens is 342 g/mol. The van der Waals surface area contributed by atoms with Crippen molar-refractivity contribution in [3.8, 4) is 0 Å². The number of carbonyl (C=O) groups is 1. The number of hydrogen-bond acceptors (Lipinski definition) is 4. The monoisotopic (exact) mass is 369 g/mol. The maximum atomic E-state index is 12.6. The van der Waals surface area contributed by atoms with Gasteiger partial charge in [-0.05, 0) is 50.6 Å². The van der Waals surface area contributed by atoms with Gasteiger partial charge in [-0.3, -0.25) is 14.7 Å². The van der Waals surface area contributed by atoms with E-state index < -0.39 is 0 Å². The molecule has 1 aromatic carbocycles. The van der Waals surface area contributed by atoms with Crippen LogP contribution in [0.5, 0.6) is 0 Å². The highest BCUT2D eigenvalue weighted by molar-refractivity contribution is 8.00. The van der Waals surface area contributed by atoms with E-state index in [1.165, 1.54) is 10.5 Å². The number of nitrogens with zero attached hydrogens (tertiary/aromatic N) is 3. The minimum Gasteiger partial charge on any atom is -0.342 e. The highest BCUT2D eigenvalue weighted by atomic mass is 32.2. The van der Waals surface area contributed by atoms with Crippen molar-refractivity contribution in [3.05, 3.63) is 59.9 Å². The van der Waals surface area contributed by atoms with Gasteiger partial charge in [0.15, 0.2) is 0 Å². The van der Waals surface area contributed by atoms with Crippen molar-refractivity contribution in [2.24, 2.45) is 0 Å². The Morgan fingerprint density at radius 3 is 2.62 bits per heavy atom. The van der Waals surface area contributed by atoms with E-state index in [9.17, 15) is 4.79 Å². The van der Waals surface area contributed by atoms with Gasteiger partial charge >= 0.3 is 0 Å². The number of carbonyl (C=O) groups excluding carboxylic acids is 1. The predicted octanol–water partition coefficient (Wildman–Crippen LogP) is 3.61. The topological polar surface area (TPSA) is 36.4 Å². The summed E-state index contributed by atoms with van der Waals surface area (Å²) in [5, 5.41) is 0.606. The molecule has 1 aliphatic heterocycles.